The van der Waals surface area contributed by atoms with Gasteiger partial charge in [-0.05, 0) is 62.6 Å². The van der Waals surface area contributed by atoms with Crippen LogP contribution in [0.5, 0.6) is 0 Å². The van der Waals surface area contributed by atoms with Gasteiger partial charge in [0.15, 0.2) is 5.76 Å². The molecule has 2 unspecified atom stereocenters. The summed E-state index contributed by atoms with van der Waals surface area (Å²) < 4.78 is 18.7. The van der Waals surface area contributed by atoms with Crippen LogP contribution in [0.25, 0.3) is 11.3 Å². The predicted octanol–water partition coefficient (Wildman–Crippen LogP) is 3.85. The number of amides is 1. The maximum Gasteiger partial charge on any atom is 0.289 e. The fourth-order valence-corrected chi connectivity index (χ4v) is 3.12. The summed E-state index contributed by atoms with van der Waals surface area (Å²) in [5.74, 6) is 0.435. The largest absolute Gasteiger partial charge is 0.451 e. The van der Waals surface area contributed by atoms with Crippen molar-refractivity contribution in [3.63, 3.8) is 0 Å². The molecule has 0 radical (unpaired) electrons. The van der Waals surface area contributed by atoms with E-state index in [0.717, 1.165) is 24.8 Å². The summed E-state index contributed by atoms with van der Waals surface area (Å²) in [6, 6.07) is 9.41. The van der Waals surface area contributed by atoms with Gasteiger partial charge in [-0.1, -0.05) is 0 Å². The van der Waals surface area contributed by atoms with Crippen LogP contribution < -0.4 is 5.73 Å². The average Bonchev–Trinajstić information content (AvgIpc) is 3.04. The molecule has 130 valence electrons. The Bertz CT molecular complexity index is 685. The quantitative estimate of drug-likeness (QED) is 0.912. The second-order valence-electron chi connectivity index (χ2n) is 6.09. The van der Waals surface area contributed by atoms with Gasteiger partial charge in [-0.25, -0.2) is 4.39 Å². The van der Waals surface area contributed by atoms with Crippen molar-refractivity contribution in [2.75, 3.05) is 6.54 Å². The van der Waals surface area contributed by atoms with Gasteiger partial charge >= 0.3 is 0 Å². The molecule has 2 atom stereocenters. The molecule has 0 spiro atoms. The van der Waals surface area contributed by atoms with Crippen LogP contribution in [0.2, 0.25) is 0 Å². The molecule has 0 bridgehead atoms. The molecule has 2 N–H and O–H groups in total. The fraction of sp³-hybridized carbons (Fsp3) is 0.389. The van der Waals surface area contributed by atoms with E-state index in [2.05, 4.69) is 0 Å². The molecule has 2 heterocycles. The first kappa shape index (κ1) is 18.5. The Morgan fingerprint density at radius 2 is 1.96 bits per heavy atom. The zero-order valence-electron chi connectivity index (χ0n) is 13.6. The first-order chi connectivity index (χ1) is 11.1. The predicted molar refractivity (Wildman–Crippen MR) is 93.7 cm³/mol. The molecule has 24 heavy (non-hydrogen) atoms. The van der Waals surface area contributed by atoms with E-state index in [-0.39, 0.29) is 36.2 Å². The number of nitrogens with two attached hydrogens (primary N) is 1. The van der Waals surface area contributed by atoms with E-state index in [1.54, 1.807) is 24.3 Å². The lowest BCUT2D eigenvalue weighted by Crippen LogP contribution is -2.51. The molecule has 1 fully saturated rings. The third kappa shape index (κ3) is 3.79. The summed E-state index contributed by atoms with van der Waals surface area (Å²) in [7, 11) is 0. The third-order valence-corrected chi connectivity index (χ3v) is 4.36. The Labute approximate surface area is 147 Å². The second kappa shape index (κ2) is 7.81. The van der Waals surface area contributed by atoms with Crippen molar-refractivity contribution in [1.82, 2.24) is 4.90 Å². The average molecular weight is 353 g/mol. The number of carbonyl (C=O) groups is 1. The zero-order valence-corrected chi connectivity index (χ0v) is 14.4. The van der Waals surface area contributed by atoms with Gasteiger partial charge in [-0.15, -0.1) is 12.4 Å². The Hall–Kier alpha value is -1.85. The summed E-state index contributed by atoms with van der Waals surface area (Å²) in [6.45, 7) is 2.64. The van der Waals surface area contributed by atoms with Crippen LogP contribution >= 0.6 is 12.4 Å². The van der Waals surface area contributed by atoms with Crippen molar-refractivity contribution in [3.8, 4) is 11.3 Å². The number of hydrogen-bond donors (Lipinski definition) is 1. The number of furan rings is 1. The van der Waals surface area contributed by atoms with E-state index >= 15 is 0 Å². The Kier molecular flexibility index (Phi) is 6.02. The smallest absolute Gasteiger partial charge is 0.289 e. The zero-order chi connectivity index (χ0) is 16.4. The standard InChI is InChI=1S/C18H21FN2O2.ClH/c1-12(20)15-4-2-3-11-21(15)18(22)17-10-9-16(23-17)13-5-7-14(19)8-6-13;/h5-10,12,15H,2-4,11,20H2,1H3;1H. The van der Waals surface area contributed by atoms with Gasteiger partial charge in [0.1, 0.15) is 11.6 Å². The number of piperidine rings is 1. The van der Waals surface area contributed by atoms with Gasteiger partial charge in [-0.2, -0.15) is 0 Å². The van der Waals surface area contributed by atoms with Crippen molar-refractivity contribution in [3.05, 3.63) is 48.0 Å². The summed E-state index contributed by atoms with van der Waals surface area (Å²) in [5, 5.41) is 0. The van der Waals surface area contributed by atoms with E-state index in [0.29, 0.717) is 18.1 Å². The third-order valence-electron chi connectivity index (χ3n) is 4.36. The van der Waals surface area contributed by atoms with Crippen molar-refractivity contribution in [2.24, 2.45) is 5.73 Å². The van der Waals surface area contributed by atoms with E-state index in [4.69, 9.17) is 10.2 Å². The highest BCUT2D eigenvalue weighted by molar-refractivity contribution is 5.92. The number of carbonyl (C=O) groups excluding carboxylic acids is 1. The molecule has 1 aliphatic heterocycles. The van der Waals surface area contributed by atoms with E-state index < -0.39 is 0 Å². The molecule has 6 heteroatoms. The Morgan fingerprint density at radius 3 is 2.62 bits per heavy atom. The van der Waals surface area contributed by atoms with Crippen molar-refractivity contribution in [1.29, 1.82) is 0 Å². The molecular weight excluding hydrogens is 331 g/mol. The van der Waals surface area contributed by atoms with E-state index in [1.807, 2.05) is 11.8 Å². The Balaban J connectivity index is 0.00000208. The molecule has 1 aliphatic rings. The van der Waals surface area contributed by atoms with E-state index in [9.17, 15) is 9.18 Å². The first-order valence-electron chi connectivity index (χ1n) is 7.98. The lowest BCUT2D eigenvalue weighted by atomic mass is 9.96. The van der Waals surface area contributed by atoms with Gasteiger partial charge in [-0.3, -0.25) is 4.79 Å². The number of likely N-dealkylation sites (tertiary alicyclic amines) is 1. The van der Waals surface area contributed by atoms with Crippen molar-refractivity contribution >= 4 is 18.3 Å². The molecule has 0 saturated carbocycles. The summed E-state index contributed by atoms with van der Waals surface area (Å²) >= 11 is 0. The number of hydrogen-bond acceptors (Lipinski definition) is 3. The lowest BCUT2D eigenvalue weighted by molar-refractivity contribution is 0.0552. The monoisotopic (exact) mass is 352 g/mol. The minimum atomic E-state index is -0.301. The highest BCUT2D eigenvalue weighted by atomic mass is 35.5. The minimum absolute atomic E-state index is 0. The second-order valence-corrected chi connectivity index (χ2v) is 6.09. The molecule has 1 aromatic carbocycles. The van der Waals surface area contributed by atoms with E-state index in [1.165, 1.54) is 12.1 Å². The minimum Gasteiger partial charge on any atom is -0.451 e. The number of benzene rings is 1. The molecule has 4 nitrogen and oxygen atoms in total. The van der Waals surface area contributed by atoms with Crippen LogP contribution in [0.4, 0.5) is 4.39 Å². The molecule has 1 saturated heterocycles. The van der Waals surface area contributed by atoms with Gasteiger partial charge in [0.05, 0.1) is 0 Å². The summed E-state index contributed by atoms with van der Waals surface area (Å²) in [6.07, 6.45) is 3.00. The van der Waals surface area contributed by atoms with Gasteiger partial charge in [0.2, 0.25) is 0 Å². The van der Waals surface area contributed by atoms with Crippen LogP contribution in [-0.4, -0.2) is 29.4 Å². The number of nitrogens with zero attached hydrogens (tertiary/aromatic N) is 1. The molecule has 1 aromatic heterocycles. The SMILES string of the molecule is CC(N)C1CCCCN1C(=O)c1ccc(-c2ccc(F)cc2)o1.Cl. The highest BCUT2D eigenvalue weighted by Crippen LogP contribution is 2.26. The van der Waals surface area contributed by atoms with Crippen molar-refractivity contribution < 1.29 is 13.6 Å². The van der Waals surface area contributed by atoms with Gasteiger partial charge in [0.25, 0.3) is 5.91 Å². The number of rotatable bonds is 3. The fourth-order valence-electron chi connectivity index (χ4n) is 3.12. The van der Waals surface area contributed by atoms with Crippen LogP contribution in [0.15, 0.2) is 40.8 Å². The lowest BCUT2D eigenvalue weighted by Gasteiger charge is -2.37. The maximum absolute atomic E-state index is 13.0. The summed E-state index contributed by atoms with van der Waals surface area (Å²) in [5.41, 5.74) is 6.77. The molecule has 3 rings (SSSR count). The maximum atomic E-state index is 13.0. The molecule has 1 amide bonds. The van der Waals surface area contributed by atoms with Crippen LogP contribution in [0.1, 0.15) is 36.7 Å². The van der Waals surface area contributed by atoms with Crippen LogP contribution in [0.3, 0.4) is 0 Å². The number of halogens is 2. The first-order valence-corrected chi connectivity index (χ1v) is 7.98. The van der Waals surface area contributed by atoms with Gasteiger partial charge < -0.3 is 15.1 Å². The highest BCUT2D eigenvalue weighted by Gasteiger charge is 2.31. The van der Waals surface area contributed by atoms with Gasteiger partial charge in [0, 0.05) is 24.2 Å². The van der Waals surface area contributed by atoms with Crippen LogP contribution in [-0.2, 0) is 0 Å². The normalized spacial score (nSPS) is 18.8. The topological polar surface area (TPSA) is 59.5 Å². The molecular formula is C18H22ClFN2O2. The molecule has 0 aliphatic carbocycles. The summed E-state index contributed by atoms with van der Waals surface area (Å²) in [4.78, 5) is 14.6. The van der Waals surface area contributed by atoms with Crippen molar-refractivity contribution in [2.45, 2.75) is 38.3 Å². The molecule has 2 aromatic rings. The van der Waals surface area contributed by atoms with Crippen LogP contribution in [0, 0.1) is 5.82 Å². The Morgan fingerprint density at radius 1 is 1.25 bits per heavy atom.